The number of hydrogen-bond acceptors (Lipinski definition) is 6. The van der Waals surface area contributed by atoms with E-state index < -0.39 is 0 Å². The Morgan fingerprint density at radius 1 is 0.914 bits per heavy atom. The van der Waals surface area contributed by atoms with Crippen LogP contribution in [0.25, 0.3) is 17.3 Å². The van der Waals surface area contributed by atoms with Crippen molar-refractivity contribution in [3.8, 4) is 22.8 Å². The van der Waals surface area contributed by atoms with Crippen LogP contribution in [0.5, 0.6) is 11.5 Å². The van der Waals surface area contributed by atoms with Crippen LogP contribution in [-0.4, -0.2) is 20.9 Å². The average Bonchev–Trinajstić information content (AvgIpc) is 3.53. The molecule has 174 valence electrons. The molecule has 2 N–H and O–H groups in total. The number of aromatic nitrogens is 1. The number of phenolic OH excluding ortho intramolecular Hbond substituents is 2. The number of thiazole rings is 1. The van der Waals surface area contributed by atoms with Crippen molar-refractivity contribution < 1.29 is 10.2 Å². The molecular weight excluding hydrogens is 454 g/mol. The molecule has 1 aromatic heterocycles. The Balaban J connectivity index is 1.42. The Morgan fingerprint density at radius 2 is 1.69 bits per heavy atom. The third-order valence-corrected chi connectivity index (χ3v) is 7.57. The lowest BCUT2D eigenvalue weighted by Crippen LogP contribution is -2.28. The van der Waals surface area contributed by atoms with E-state index in [1.54, 1.807) is 23.5 Å². The molecule has 5 nitrogen and oxygen atoms in total. The van der Waals surface area contributed by atoms with Gasteiger partial charge >= 0.3 is 0 Å². The number of hydrogen-bond donors (Lipinski definition) is 2. The highest BCUT2D eigenvalue weighted by molar-refractivity contribution is 7.14. The standard InChI is InChI=1S/C29H25N3O2S/c33-25-15-14-21(17-26(25)34)24-18-35-29(30-24)32-28(20-10-5-2-6-11-20)23-13-7-12-22(27(23)31-32)16-19-8-3-1-4-9-19/h1-6,8-11,14-18,23,28,33-34H,7,12-13H2/b22-16+/t23-,28-/m0/s1. The molecule has 1 aliphatic carbocycles. The number of phenols is 2. The minimum Gasteiger partial charge on any atom is -0.504 e. The predicted molar refractivity (Wildman–Crippen MR) is 142 cm³/mol. The zero-order chi connectivity index (χ0) is 23.8. The number of nitrogens with zero attached hydrogens (tertiary/aromatic N) is 3. The molecule has 0 bridgehead atoms. The summed E-state index contributed by atoms with van der Waals surface area (Å²) in [5.41, 5.74) is 6.40. The number of rotatable bonds is 4. The summed E-state index contributed by atoms with van der Waals surface area (Å²) < 4.78 is 0. The molecule has 0 radical (unpaired) electrons. The Labute approximate surface area is 208 Å². The molecule has 4 aromatic rings. The smallest absolute Gasteiger partial charge is 0.207 e. The van der Waals surface area contributed by atoms with Gasteiger partial charge in [-0.25, -0.2) is 9.99 Å². The van der Waals surface area contributed by atoms with Crippen LogP contribution >= 0.6 is 11.3 Å². The summed E-state index contributed by atoms with van der Waals surface area (Å²) in [7, 11) is 0. The van der Waals surface area contributed by atoms with Crippen LogP contribution in [0, 0.1) is 5.92 Å². The summed E-state index contributed by atoms with van der Waals surface area (Å²) in [6, 6.07) is 25.9. The van der Waals surface area contributed by atoms with E-state index in [1.807, 2.05) is 17.5 Å². The van der Waals surface area contributed by atoms with E-state index in [0.29, 0.717) is 5.92 Å². The lowest BCUT2D eigenvalue weighted by molar-refractivity contribution is 0.404. The van der Waals surface area contributed by atoms with Crippen LogP contribution in [0.4, 0.5) is 5.13 Å². The van der Waals surface area contributed by atoms with E-state index in [1.165, 1.54) is 22.8 Å². The first-order valence-corrected chi connectivity index (χ1v) is 12.7. The van der Waals surface area contributed by atoms with Crippen LogP contribution in [0.1, 0.15) is 36.4 Å². The van der Waals surface area contributed by atoms with Crippen LogP contribution in [0.3, 0.4) is 0 Å². The van der Waals surface area contributed by atoms with Gasteiger partial charge in [0.15, 0.2) is 11.5 Å². The zero-order valence-corrected chi connectivity index (χ0v) is 19.9. The fourth-order valence-corrected chi connectivity index (χ4v) is 5.90. The van der Waals surface area contributed by atoms with E-state index in [-0.39, 0.29) is 17.5 Å². The lowest BCUT2D eigenvalue weighted by atomic mass is 9.77. The van der Waals surface area contributed by atoms with Crippen molar-refractivity contribution in [1.29, 1.82) is 0 Å². The highest BCUT2D eigenvalue weighted by atomic mass is 32.1. The number of allylic oxidation sites excluding steroid dienone is 1. The van der Waals surface area contributed by atoms with Crippen LogP contribution < -0.4 is 5.01 Å². The lowest BCUT2D eigenvalue weighted by Gasteiger charge is -2.29. The summed E-state index contributed by atoms with van der Waals surface area (Å²) in [5, 5.41) is 29.7. The molecule has 1 fully saturated rings. The van der Waals surface area contributed by atoms with E-state index >= 15 is 0 Å². The van der Waals surface area contributed by atoms with Gasteiger partial charge in [-0.05, 0) is 60.2 Å². The first-order valence-electron chi connectivity index (χ1n) is 11.8. The Kier molecular flexibility index (Phi) is 5.58. The first kappa shape index (κ1) is 21.6. The normalized spacial score (nSPS) is 20.6. The fourth-order valence-electron chi connectivity index (χ4n) is 5.08. The van der Waals surface area contributed by atoms with Gasteiger partial charge in [0.05, 0.1) is 17.4 Å². The van der Waals surface area contributed by atoms with Crippen LogP contribution in [0.2, 0.25) is 0 Å². The SMILES string of the molecule is Oc1ccc(-c2csc(N3N=C4/C(=C/c5ccccc5)CCC[C@@H]4[C@@H]3c3ccccc3)n2)cc1O. The third kappa shape index (κ3) is 4.10. The molecule has 6 rings (SSSR count). The molecule has 1 aliphatic heterocycles. The number of anilines is 1. The minimum atomic E-state index is -0.151. The van der Waals surface area contributed by atoms with Crippen molar-refractivity contribution in [2.45, 2.75) is 25.3 Å². The number of hydrazone groups is 1. The second-order valence-corrected chi connectivity index (χ2v) is 9.82. The van der Waals surface area contributed by atoms with Gasteiger partial charge in [-0.3, -0.25) is 0 Å². The molecule has 3 aromatic carbocycles. The third-order valence-electron chi connectivity index (χ3n) is 6.74. The molecular formula is C29H25N3O2S. The van der Waals surface area contributed by atoms with Crippen LogP contribution in [0.15, 0.2) is 94.9 Å². The van der Waals surface area contributed by atoms with Gasteiger partial charge in [0.1, 0.15) is 0 Å². The summed E-state index contributed by atoms with van der Waals surface area (Å²) in [5.74, 6) is 0.00890. The van der Waals surface area contributed by atoms with Gasteiger partial charge in [0.2, 0.25) is 5.13 Å². The van der Waals surface area contributed by atoms with Gasteiger partial charge in [-0.15, -0.1) is 11.3 Å². The Hall–Kier alpha value is -3.90. The van der Waals surface area contributed by atoms with Gasteiger partial charge in [-0.2, -0.15) is 5.10 Å². The first-order chi connectivity index (χ1) is 17.2. The van der Waals surface area contributed by atoms with Gasteiger partial charge in [-0.1, -0.05) is 60.7 Å². The second kappa shape index (κ2) is 9.04. The summed E-state index contributed by atoms with van der Waals surface area (Å²) in [4.78, 5) is 4.90. The summed E-state index contributed by atoms with van der Waals surface area (Å²) >= 11 is 1.54. The summed E-state index contributed by atoms with van der Waals surface area (Å²) in [6.07, 6.45) is 5.53. The maximum atomic E-state index is 9.95. The monoisotopic (exact) mass is 479 g/mol. The van der Waals surface area contributed by atoms with Crippen molar-refractivity contribution >= 4 is 28.3 Å². The van der Waals surface area contributed by atoms with E-state index in [9.17, 15) is 10.2 Å². The highest BCUT2D eigenvalue weighted by Crippen LogP contribution is 2.47. The number of fused-ring (bicyclic) bond motifs is 1. The molecule has 2 heterocycles. The maximum absolute atomic E-state index is 9.95. The average molecular weight is 480 g/mol. The molecule has 35 heavy (non-hydrogen) atoms. The van der Waals surface area contributed by atoms with Crippen molar-refractivity contribution in [3.63, 3.8) is 0 Å². The van der Waals surface area contributed by atoms with E-state index in [4.69, 9.17) is 10.1 Å². The fraction of sp³-hybridized carbons (Fsp3) is 0.172. The molecule has 0 unspecified atom stereocenters. The topological polar surface area (TPSA) is 69.0 Å². The number of aromatic hydroxyl groups is 2. The molecule has 2 atom stereocenters. The molecule has 0 amide bonds. The van der Waals surface area contributed by atoms with Gasteiger partial charge in [0.25, 0.3) is 0 Å². The van der Waals surface area contributed by atoms with E-state index in [2.05, 4.69) is 59.6 Å². The Bertz CT molecular complexity index is 1410. The quantitative estimate of drug-likeness (QED) is 0.309. The van der Waals surface area contributed by atoms with Crippen molar-refractivity contribution in [2.75, 3.05) is 5.01 Å². The molecule has 6 heteroatoms. The molecule has 0 saturated heterocycles. The summed E-state index contributed by atoms with van der Waals surface area (Å²) in [6.45, 7) is 0. The minimum absolute atomic E-state index is 0.0814. The van der Waals surface area contributed by atoms with Crippen molar-refractivity contribution in [3.05, 3.63) is 101 Å². The zero-order valence-electron chi connectivity index (χ0n) is 19.1. The van der Waals surface area contributed by atoms with Crippen molar-refractivity contribution in [1.82, 2.24) is 4.98 Å². The number of benzene rings is 3. The second-order valence-electron chi connectivity index (χ2n) is 8.98. The predicted octanol–water partition coefficient (Wildman–Crippen LogP) is 7.02. The van der Waals surface area contributed by atoms with Gasteiger partial charge < -0.3 is 10.2 Å². The van der Waals surface area contributed by atoms with E-state index in [0.717, 1.165) is 41.4 Å². The van der Waals surface area contributed by atoms with Crippen LogP contribution in [-0.2, 0) is 0 Å². The van der Waals surface area contributed by atoms with Gasteiger partial charge in [0, 0.05) is 16.9 Å². The molecule has 2 aliphatic rings. The Morgan fingerprint density at radius 3 is 2.46 bits per heavy atom. The van der Waals surface area contributed by atoms with Crippen molar-refractivity contribution in [2.24, 2.45) is 11.0 Å². The molecule has 0 spiro atoms. The largest absolute Gasteiger partial charge is 0.504 e. The molecule has 1 saturated carbocycles. The highest BCUT2D eigenvalue weighted by Gasteiger charge is 2.42. The maximum Gasteiger partial charge on any atom is 0.207 e.